The highest BCUT2D eigenvalue weighted by molar-refractivity contribution is 7.13. The van der Waals surface area contributed by atoms with Crippen molar-refractivity contribution in [2.45, 2.75) is 0 Å². The van der Waals surface area contributed by atoms with E-state index in [0.717, 1.165) is 4.88 Å². The normalized spacial score (nSPS) is 11.3. The van der Waals surface area contributed by atoms with Crippen molar-refractivity contribution in [2.75, 3.05) is 7.11 Å². The number of ether oxygens (including phenoxy) is 1. The molecule has 10 heteroatoms. The SMILES string of the molecule is COC(=O)c1cn(-c2ccc(Cl)cc2)c(=O)c2cnc3nc(-c4cccs4)nn3c12. The molecule has 148 valence electrons. The second-order valence-corrected chi connectivity index (χ2v) is 7.72. The first kappa shape index (κ1) is 18.5. The molecule has 5 rings (SSSR count). The summed E-state index contributed by atoms with van der Waals surface area (Å²) < 4.78 is 7.73. The van der Waals surface area contributed by atoms with E-state index in [2.05, 4.69) is 15.1 Å². The third-order valence-electron chi connectivity index (χ3n) is 4.58. The third kappa shape index (κ3) is 2.87. The van der Waals surface area contributed by atoms with E-state index >= 15 is 0 Å². The zero-order valence-corrected chi connectivity index (χ0v) is 17.0. The second kappa shape index (κ2) is 7.05. The Morgan fingerprint density at radius 1 is 1.20 bits per heavy atom. The average molecular weight is 438 g/mol. The van der Waals surface area contributed by atoms with Crippen molar-refractivity contribution in [2.24, 2.45) is 0 Å². The molecule has 1 aromatic carbocycles. The molecule has 0 aliphatic carbocycles. The number of nitrogens with zero attached hydrogens (tertiary/aromatic N) is 5. The number of hydrogen-bond donors (Lipinski definition) is 0. The number of fused-ring (bicyclic) bond motifs is 3. The highest BCUT2D eigenvalue weighted by atomic mass is 35.5. The van der Waals surface area contributed by atoms with Crippen LogP contribution in [0.25, 0.3) is 33.1 Å². The van der Waals surface area contributed by atoms with Gasteiger partial charge in [-0.3, -0.25) is 9.36 Å². The molecule has 0 amide bonds. The molecule has 0 fully saturated rings. The van der Waals surface area contributed by atoms with Crippen LogP contribution in [-0.4, -0.2) is 37.2 Å². The van der Waals surface area contributed by atoms with Gasteiger partial charge in [0.25, 0.3) is 11.3 Å². The summed E-state index contributed by atoms with van der Waals surface area (Å²) in [5, 5.41) is 7.16. The Morgan fingerprint density at radius 3 is 2.70 bits per heavy atom. The lowest BCUT2D eigenvalue weighted by Gasteiger charge is -2.11. The molecule has 0 spiro atoms. The van der Waals surface area contributed by atoms with Crippen molar-refractivity contribution in [1.82, 2.24) is 24.1 Å². The van der Waals surface area contributed by atoms with Crippen LogP contribution in [0.4, 0.5) is 0 Å². The van der Waals surface area contributed by atoms with Gasteiger partial charge in [0, 0.05) is 23.1 Å². The number of esters is 1. The van der Waals surface area contributed by atoms with Gasteiger partial charge < -0.3 is 4.74 Å². The standard InChI is InChI=1S/C20H12ClN5O3S/c1-29-19(28)14-10-25(12-6-4-11(21)5-7-12)18(27)13-9-22-20-23-17(15-3-2-8-30-15)24-26(20)16(13)14/h2-10H,1H3. The van der Waals surface area contributed by atoms with Crippen LogP contribution in [0.3, 0.4) is 0 Å². The Labute approximate surface area is 178 Å². The van der Waals surface area contributed by atoms with Gasteiger partial charge in [-0.1, -0.05) is 17.7 Å². The molecular weight excluding hydrogens is 426 g/mol. The quantitative estimate of drug-likeness (QED) is 0.400. The van der Waals surface area contributed by atoms with Crippen molar-refractivity contribution in [3.8, 4) is 16.4 Å². The molecule has 0 saturated heterocycles. The molecule has 4 heterocycles. The van der Waals surface area contributed by atoms with Gasteiger partial charge in [0.2, 0.25) is 0 Å². The molecule has 0 saturated carbocycles. The van der Waals surface area contributed by atoms with Crippen LogP contribution in [0.1, 0.15) is 10.4 Å². The van der Waals surface area contributed by atoms with Crippen molar-refractivity contribution >= 4 is 45.6 Å². The number of pyridine rings is 1. The molecule has 8 nitrogen and oxygen atoms in total. The molecule has 4 aromatic heterocycles. The van der Waals surface area contributed by atoms with Gasteiger partial charge >= 0.3 is 5.97 Å². The van der Waals surface area contributed by atoms with Crippen LogP contribution < -0.4 is 5.56 Å². The van der Waals surface area contributed by atoms with Gasteiger partial charge in [-0.15, -0.1) is 16.4 Å². The number of methoxy groups -OCH3 is 1. The molecule has 0 radical (unpaired) electrons. The molecule has 0 bridgehead atoms. The molecule has 30 heavy (non-hydrogen) atoms. The monoisotopic (exact) mass is 437 g/mol. The summed E-state index contributed by atoms with van der Waals surface area (Å²) in [6.45, 7) is 0. The highest BCUT2D eigenvalue weighted by Gasteiger charge is 2.21. The lowest BCUT2D eigenvalue weighted by atomic mass is 10.2. The van der Waals surface area contributed by atoms with E-state index in [0.29, 0.717) is 16.5 Å². The van der Waals surface area contributed by atoms with E-state index < -0.39 is 5.97 Å². The van der Waals surface area contributed by atoms with Gasteiger partial charge in [-0.2, -0.15) is 9.50 Å². The minimum Gasteiger partial charge on any atom is -0.465 e. The number of carbonyl (C=O) groups excluding carboxylic acids is 1. The van der Waals surface area contributed by atoms with Gasteiger partial charge in [-0.05, 0) is 35.7 Å². The van der Waals surface area contributed by atoms with E-state index in [1.165, 1.54) is 39.9 Å². The first-order valence-electron chi connectivity index (χ1n) is 8.76. The molecule has 0 unspecified atom stereocenters. The minimum absolute atomic E-state index is 0.164. The lowest BCUT2D eigenvalue weighted by Crippen LogP contribution is -2.22. The molecule has 0 aliphatic rings. The molecular formula is C20H12ClN5O3S. The Balaban J connectivity index is 1.86. The molecule has 0 atom stereocenters. The Hall–Kier alpha value is -3.56. The van der Waals surface area contributed by atoms with Crippen LogP contribution in [0.5, 0.6) is 0 Å². The third-order valence-corrected chi connectivity index (χ3v) is 5.70. The van der Waals surface area contributed by atoms with Crippen molar-refractivity contribution in [1.29, 1.82) is 0 Å². The van der Waals surface area contributed by atoms with E-state index in [1.807, 2.05) is 17.5 Å². The fourth-order valence-corrected chi connectivity index (χ4v) is 3.97. The Bertz CT molecular complexity index is 1470. The van der Waals surface area contributed by atoms with Gasteiger partial charge in [-0.25, -0.2) is 9.78 Å². The average Bonchev–Trinajstić information content (AvgIpc) is 3.44. The van der Waals surface area contributed by atoms with Crippen molar-refractivity contribution in [3.63, 3.8) is 0 Å². The molecule has 5 aromatic rings. The van der Waals surface area contributed by atoms with E-state index in [4.69, 9.17) is 16.3 Å². The lowest BCUT2D eigenvalue weighted by molar-refractivity contribution is 0.0602. The summed E-state index contributed by atoms with van der Waals surface area (Å²) in [7, 11) is 1.28. The zero-order chi connectivity index (χ0) is 20.8. The number of rotatable bonds is 3. The second-order valence-electron chi connectivity index (χ2n) is 6.33. The topological polar surface area (TPSA) is 91.4 Å². The molecule has 0 aliphatic heterocycles. The smallest absolute Gasteiger partial charge is 0.341 e. The van der Waals surface area contributed by atoms with Crippen LogP contribution >= 0.6 is 22.9 Å². The van der Waals surface area contributed by atoms with Crippen LogP contribution in [0, 0.1) is 0 Å². The predicted octanol–water partition coefficient (Wildman–Crippen LogP) is 3.60. The van der Waals surface area contributed by atoms with Crippen molar-refractivity contribution in [3.05, 3.63) is 75.1 Å². The number of aromatic nitrogens is 5. The summed E-state index contributed by atoms with van der Waals surface area (Å²) in [5.41, 5.74) is 0.645. The van der Waals surface area contributed by atoms with E-state index in [9.17, 15) is 9.59 Å². The summed E-state index contributed by atoms with van der Waals surface area (Å²) in [6.07, 6.45) is 2.84. The first-order valence-corrected chi connectivity index (χ1v) is 10.0. The summed E-state index contributed by atoms with van der Waals surface area (Å²) >= 11 is 7.44. The Morgan fingerprint density at radius 2 is 2.00 bits per heavy atom. The number of thiophene rings is 1. The number of carbonyl (C=O) groups is 1. The van der Waals surface area contributed by atoms with Crippen molar-refractivity contribution < 1.29 is 9.53 Å². The fourth-order valence-electron chi connectivity index (χ4n) is 3.19. The van der Waals surface area contributed by atoms with Gasteiger partial charge in [0.15, 0.2) is 5.82 Å². The maximum Gasteiger partial charge on any atom is 0.341 e. The van der Waals surface area contributed by atoms with E-state index in [1.54, 1.807) is 24.3 Å². The zero-order valence-electron chi connectivity index (χ0n) is 15.4. The summed E-state index contributed by atoms with van der Waals surface area (Å²) in [5.74, 6) is 0.130. The van der Waals surface area contributed by atoms with Crippen LogP contribution in [0.2, 0.25) is 5.02 Å². The fraction of sp³-hybridized carbons (Fsp3) is 0.0500. The maximum absolute atomic E-state index is 13.2. The van der Waals surface area contributed by atoms with Gasteiger partial charge in [0.05, 0.1) is 22.9 Å². The maximum atomic E-state index is 13.2. The summed E-state index contributed by atoms with van der Waals surface area (Å²) in [4.78, 5) is 35.4. The van der Waals surface area contributed by atoms with Crippen LogP contribution in [-0.2, 0) is 4.74 Å². The Kier molecular flexibility index (Phi) is 4.34. The van der Waals surface area contributed by atoms with Crippen LogP contribution in [0.15, 0.2) is 59.0 Å². The van der Waals surface area contributed by atoms with E-state index in [-0.39, 0.29) is 27.8 Å². The number of benzene rings is 1. The van der Waals surface area contributed by atoms with Gasteiger partial charge in [0.1, 0.15) is 5.56 Å². The highest BCUT2D eigenvalue weighted by Crippen LogP contribution is 2.24. The molecule has 0 N–H and O–H groups in total. The predicted molar refractivity (Wildman–Crippen MR) is 114 cm³/mol. The first-order chi connectivity index (χ1) is 14.6. The summed E-state index contributed by atoms with van der Waals surface area (Å²) in [6, 6.07) is 10.5. The largest absolute Gasteiger partial charge is 0.465 e. The minimum atomic E-state index is -0.608. The number of hydrogen-bond acceptors (Lipinski definition) is 7. The number of halogens is 1.